The lowest BCUT2D eigenvalue weighted by atomic mass is 10.2. The number of anilines is 1. The van der Waals surface area contributed by atoms with E-state index in [0.717, 1.165) is 12.4 Å². The van der Waals surface area contributed by atoms with Gasteiger partial charge in [-0.3, -0.25) is 0 Å². The fraction of sp³-hybridized carbons (Fsp3) is 0.615. The van der Waals surface area contributed by atoms with Crippen LogP contribution in [0, 0.1) is 6.92 Å². The fourth-order valence-corrected chi connectivity index (χ4v) is 1.90. The van der Waals surface area contributed by atoms with E-state index in [4.69, 9.17) is 0 Å². The Morgan fingerprint density at radius 3 is 2.53 bits per heavy atom. The number of aryl methyl sites for hydroxylation is 1. The molecule has 1 atom stereocenters. The lowest BCUT2D eigenvalue weighted by Crippen LogP contribution is -2.26. The summed E-state index contributed by atoms with van der Waals surface area (Å²) in [6.07, 6.45) is 4.55. The second-order valence-electron chi connectivity index (χ2n) is 3.88. The molecule has 1 aliphatic rings. The zero-order valence-electron chi connectivity index (χ0n) is 10.3. The second kappa shape index (κ2) is 5.74. The lowest BCUT2D eigenvalue weighted by molar-refractivity contribution is 0.727. The summed E-state index contributed by atoms with van der Waals surface area (Å²) in [6, 6.07) is 4.92. The van der Waals surface area contributed by atoms with E-state index in [1.54, 1.807) is 0 Å². The van der Waals surface area contributed by atoms with Crippen molar-refractivity contribution >= 4 is 5.82 Å². The normalized spacial score (nSPS) is 19.7. The van der Waals surface area contributed by atoms with Crippen LogP contribution in [0.15, 0.2) is 18.3 Å². The molecule has 2 nitrogen and oxygen atoms in total. The predicted molar refractivity (Wildman–Crippen MR) is 66.4 cm³/mol. The number of aromatic nitrogens is 1. The Labute approximate surface area is 93.3 Å². The van der Waals surface area contributed by atoms with Crippen LogP contribution in [0.2, 0.25) is 0 Å². The quantitative estimate of drug-likeness (QED) is 0.700. The standard InChI is InChI=1S/C11H16N2.C2H6/c1-9-5-6-11(12-8-9)13-7-3-4-10(13)2;1-2/h5-6,8,10H,3-4,7H2,1-2H3;1-2H3. The van der Waals surface area contributed by atoms with E-state index >= 15 is 0 Å². The average molecular weight is 206 g/mol. The van der Waals surface area contributed by atoms with Crippen LogP contribution >= 0.6 is 0 Å². The summed E-state index contributed by atoms with van der Waals surface area (Å²) in [4.78, 5) is 6.82. The van der Waals surface area contributed by atoms with Crippen molar-refractivity contribution in [2.75, 3.05) is 11.4 Å². The number of nitrogens with zero attached hydrogens (tertiary/aromatic N) is 2. The van der Waals surface area contributed by atoms with E-state index in [0.29, 0.717) is 6.04 Å². The first-order valence-electron chi connectivity index (χ1n) is 5.96. The Morgan fingerprint density at radius 1 is 1.33 bits per heavy atom. The maximum atomic E-state index is 4.44. The van der Waals surface area contributed by atoms with Gasteiger partial charge in [-0.25, -0.2) is 4.98 Å². The van der Waals surface area contributed by atoms with Gasteiger partial charge in [-0.2, -0.15) is 0 Å². The molecule has 1 aromatic heterocycles. The first kappa shape index (κ1) is 12.0. The van der Waals surface area contributed by atoms with E-state index in [1.807, 2.05) is 20.0 Å². The molecule has 0 amide bonds. The average Bonchev–Trinajstić information content (AvgIpc) is 2.69. The molecule has 84 valence electrons. The first-order chi connectivity index (χ1) is 7.27. The molecule has 1 aliphatic heterocycles. The number of hydrogen-bond acceptors (Lipinski definition) is 2. The van der Waals surface area contributed by atoms with Gasteiger partial charge in [0.25, 0.3) is 0 Å². The molecule has 2 heteroatoms. The minimum absolute atomic E-state index is 0.662. The molecule has 0 bridgehead atoms. The van der Waals surface area contributed by atoms with Crippen LogP contribution in [0.1, 0.15) is 39.2 Å². The van der Waals surface area contributed by atoms with Gasteiger partial charge >= 0.3 is 0 Å². The van der Waals surface area contributed by atoms with Gasteiger partial charge in [-0.1, -0.05) is 19.9 Å². The van der Waals surface area contributed by atoms with Gasteiger partial charge in [0.15, 0.2) is 0 Å². The number of rotatable bonds is 1. The van der Waals surface area contributed by atoms with Gasteiger partial charge < -0.3 is 4.90 Å². The largest absolute Gasteiger partial charge is 0.354 e. The maximum Gasteiger partial charge on any atom is 0.128 e. The van der Waals surface area contributed by atoms with E-state index in [-0.39, 0.29) is 0 Å². The third-order valence-corrected chi connectivity index (χ3v) is 2.74. The molecule has 0 radical (unpaired) electrons. The Morgan fingerprint density at radius 2 is 2.07 bits per heavy atom. The Balaban J connectivity index is 0.000000531. The highest BCUT2D eigenvalue weighted by Gasteiger charge is 2.20. The highest BCUT2D eigenvalue weighted by atomic mass is 15.2. The zero-order valence-corrected chi connectivity index (χ0v) is 10.3. The summed E-state index contributed by atoms with van der Waals surface area (Å²) in [5.74, 6) is 1.13. The maximum absolute atomic E-state index is 4.44. The van der Waals surface area contributed by atoms with Crippen LogP contribution < -0.4 is 4.90 Å². The van der Waals surface area contributed by atoms with Crippen molar-refractivity contribution in [3.63, 3.8) is 0 Å². The van der Waals surface area contributed by atoms with Crippen molar-refractivity contribution in [2.45, 2.75) is 46.6 Å². The van der Waals surface area contributed by atoms with Crippen LogP contribution in [0.3, 0.4) is 0 Å². The van der Waals surface area contributed by atoms with E-state index in [2.05, 4.69) is 35.9 Å². The van der Waals surface area contributed by atoms with Crippen molar-refractivity contribution in [1.29, 1.82) is 0 Å². The molecule has 1 saturated heterocycles. The molecule has 1 unspecified atom stereocenters. The molecule has 2 heterocycles. The van der Waals surface area contributed by atoms with E-state index < -0.39 is 0 Å². The second-order valence-corrected chi connectivity index (χ2v) is 3.88. The van der Waals surface area contributed by atoms with Crippen LogP contribution in [-0.4, -0.2) is 17.6 Å². The van der Waals surface area contributed by atoms with Gasteiger partial charge in [0, 0.05) is 18.8 Å². The zero-order chi connectivity index (χ0) is 11.3. The summed E-state index contributed by atoms with van der Waals surface area (Å²) >= 11 is 0. The van der Waals surface area contributed by atoms with E-state index in [1.165, 1.54) is 18.4 Å². The molecule has 0 aliphatic carbocycles. The minimum Gasteiger partial charge on any atom is -0.354 e. The molecule has 0 aromatic carbocycles. The summed E-state index contributed by atoms with van der Waals surface area (Å²) < 4.78 is 0. The highest BCUT2D eigenvalue weighted by molar-refractivity contribution is 5.41. The van der Waals surface area contributed by atoms with Gasteiger partial charge in [-0.05, 0) is 38.3 Å². The molecule has 0 spiro atoms. The predicted octanol–water partition coefficient (Wildman–Crippen LogP) is 3.40. The van der Waals surface area contributed by atoms with Crippen LogP contribution in [0.25, 0.3) is 0 Å². The van der Waals surface area contributed by atoms with Crippen molar-refractivity contribution in [3.05, 3.63) is 23.9 Å². The highest BCUT2D eigenvalue weighted by Crippen LogP contribution is 2.22. The Kier molecular flexibility index (Phi) is 4.60. The van der Waals surface area contributed by atoms with Gasteiger partial charge in [-0.15, -0.1) is 0 Å². The van der Waals surface area contributed by atoms with E-state index in [9.17, 15) is 0 Å². The molecule has 2 rings (SSSR count). The molecule has 15 heavy (non-hydrogen) atoms. The van der Waals surface area contributed by atoms with Crippen molar-refractivity contribution < 1.29 is 0 Å². The monoisotopic (exact) mass is 206 g/mol. The van der Waals surface area contributed by atoms with Crippen LogP contribution in [0.5, 0.6) is 0 Å². The smallest absolute Gasteiger partial charge is 0.128 e. The van der Waals surface area contributed by atoms with Crippen molar-refractivity contribution in [2.24, 2.45) is 0 Å². The number of hydrogen-bond donors (Lipinski definition) is 0. The van der Waals surface area contributed by atoms with Gasteiger partial charge in [0.05, 0.1) is 0 Å². The lowest BCUT2D eigenvalue weighted by Gasteiger charge is -2.22. The third-order valence-electron chi connectivity index (χ3n) is 2.74. The van der Waals surface area contributed by atoms with Gasteiger partial charge in [0.2, 0.25) is 0 Å². The summed E-state index contributed by atoms with van der Waals surface area (Å²) in [5.41, 5.74) is 1.23. The topological polar surface area (TPSA) is 16.1 Å². The number of pyridine rings is 1. The van der Waals surface area contributed by atoms with Crippen LogP contribution in [-0.2, 0) is 0 Å². The van der Waals surface area contributed by atoms with Crippen molar-refractivity contribution in [1.82, 2.24) is 4.98 Å². The SMILES string of the molecule is CC.Cc1ccc(N2CCCC2C)nc1. The van der Waals surface area contributed by atoms with Crippen molar-refractivity contribution in [3.8, 4) is 0 Å². The third kappa shape index (κ3) is 2.95. The molecular formula is C13H22N2. The van der Waals surface area contributed by atoms with Crippen LogP contribution in [0.4, 0.5) is 5.82 Å². The molecular weight excluding hydrogens is 184 g/mol. The van der Waals surface area contributed by atoms with Gasteiger partial charge in [0.1, 0.15) is 5.82 Å². The summed E-state index contributed by atoms with van der Waals surface area (Å²) in [5, 5.41) is 0. The fourth-order valence-electron chi connectivity index (χ4n) is 1.90. The summed E-state index contributed by atoms with van der Waals surface area (Å²) in [6.45, 7) is 9.51. The minimum atomic E-state index is 0.662. The Bertz CT molecular complexity index is 279. The molecule has 0 N–H and O–H groups in total. The summed E-state index contributed by atoms with van der Waals surface area (Å²) in [7, 11) is 0. The molecule has 0 saturated carbocycles. The Hall–Kier alpha value is -1.05. The first-order valence-corrected chi connectivity index (χ1v) is 5.96. The molecule has 1 aromatic rings. The molecule has 1 fully saturated rings.